The number of likely N-dealkylation sites (N-methyl/N-ethyl adjacent to an activating group) is 1. The minimum absolute atomic E-state index is 0.0463. The number of nitrogens with zero attached hydrogens (tertiary/aromatic N) is 1. The van der Waals surface area contributed by atoms with E-state index in [1.54, 1.807) is 28.4 Å². The predicted molar refractivity (Wildman–Crippen MR) is 134 cm³/mol. The van der Waals surface area contributed by atoms with Crippen LogP contribution in [0.25, 0.3) is 16.8 Å². The first-order valence-corrected chi connectivity index (χ1v) is 11.7. The molecule has 1 unspecified atom stereocenters. The smallest absolute Gasteiger partial charge is 0.246 e. The maximum atomic E-state index is 12.6. The maximum Gasteiger partial charge on any atom is 0.246 e. The quantitative estimate of drug-likeness (QED) is 0.259. The minimum atomic E-state index is -0.128. The molecule has 4 aromatic rings. The molecule has 3 aromatic carbocycles. The van der Waals surface area contributed by atoms with Gasteiger partial charge in [-0.2, -0.15) is 0 Å². The van der Waals surface area contributed by atoms with Gasteiger partial charge in [0.1, 0.15) is 11.9 Å². The number of amides is 1. The fourth-order valence-electron chi connectivity index (χ4n) is 3.48. The summed E-state index contributed by atoms with van der Waals surface area (Å²) in [7, 11) is 1.82. The number of carbonyl (C=O) groups excluding carboxylic acids is 1. The third kappa shape index (κ3) is 5.58. The first kappa shape index (κ1) is 22.1. The normalized spacial score (nSPS) is 12.2. The van der Waals surface area contributed by atoms with E-state index in [0.717, 1.165) is 27.0 Å². The molecule has 1 atom stereocenters. The Hall–Kier alpha value is -3.08. The molecule has 0 aliphatic rings. The third-order valence-electron chi connectivity index (χ3n) is 5.27. The predicted octanol–water partition coefficient (Wildman–Crippen LogP) is 7.24. The Labute approximate surface area is 197 Å². The first-order chi connectivity index (χ1) is 15.6. The molecule has 5 heteroatoms. The van der Waals surface area contributed by atoms with Gasteiger partial charge in [-0.3, -0.25) is 4.79 Å². The number of carbonyl (C=O) groups is 1. The van der Waals surface area contributed by atoms with Crippen LogP contribution in [0.3, 0.4) is 0 Å². The highest BCUT2D eigenvalue weighted by atomic mass is 35.5. The Kier molecular flexibility index (Phi) is 7.25. The van der Waals surface area contributed by atoms with Gasteiger partial charge in [0.2, 0.25) is 5.91 Å². The highest BCUT2D eigenvalue weighted by Gasteiger charge is 2.18. The van der Waals surface area contributed by atoms with Gasteiger partial charge >= 0.3 is 0 Å². The molecule has 162 valence electrons. The second-order valence-electron chi connectivity index (χ2n) is 7.53. The van der Waals surface area contributed by atoms with Crippen LogP contribution < -0.4 is 4.74 Å². The van der Waals surface area contributed by atoms with Crippen molar-refractivity contribution in [3.8, 4) is 5.75 Å². The second-order valence-corrected chi connectivity index (χ2v) is 8.95. The molecular formula is C27H24ClNO2S. The lowest BCUT2D eigenvalue weighted by Crippen LogP contribution is -2.27. The summed E-state index contributed by atoms with van der Waals surface area (Å²) in [5, 5.41) is 4.97. The standard InChI is InChI=1S/C27H24ClNO2S/c1-29(27(30)16-13-20-11-14-22(28)15-12-20)18-17-25(26-10-5-19-32-26)31-24-9-4-7-21-6-2-3-8-23(21)24/h2-16,19,25H,17-18H2,1H3. The van der Waals surface area contributed by atoms with Gasteiger partial charge in [0, 0.05) is 41.4 Å². The molecule has 0 N–H and O–H groups in total. The van der Waals surface area contributed by atoms with E-state index in [2.05, 4.69) is 29.6 Å². The largest absolute Gasteiger partial charge is 0.484 e. The molecule has 0 aliphatic carbocycles. The Balaban J connectivity index is 1.44. The molecule has 1 aromatic heterocycles. The van der Waals surface area contributed by atoms with Crippen molar-refractivity contribution in [3.63, 3.8) is 0 Å². The minimum Gasteiger partial charge on any atom is -0.484 e. The molecule has 0 saturated heterocycles. The Morgan fingerprint density at radius 3 is 2.59 bits per heavy atom. The zero-order valence-electron chi connectivity index (χ0n) is 17.8. The molecule has 0 fully saturated rings. The first-order valence-electron chi connectivity index (χ1n) is 10.5. The Bertz CT molecular complexity index is 1200. The van der Waals surface area contributed by atoms with Gasteiger partial charge in [-0.25, -0.2) is 0 Å². The number of ether oxygens (including phenoxy) is 1. The van der Waals surface area contributed by atoms with E-state index in [4.69, 9.17) is 16.3 Å². The van der Waals surface area contributed by atoms with Crippen LogP contribution in [0.5, 0.6) is 5.75 Å². The summed E-state index contributed by atoms with van der Waals surface area (Å²) in [6.45, 7) is 0.580. The number of fused-ring (bicyclic) bond motifs is 1. The molecule has 0 radical (unpaired) electrons. The molecule has 0 aliphatic heterocycles. The lowest BCUT2D eigenvalue weighted by Gasteiger charge is -2.22. The maximum absolute atomic E-state index is 12.6. The van der Waals surface area contributed by atoms with Gasteiger partial charge in [0.05, 0.1) is 0 Å². The molecule has 0 saturated carbocycles. The van der Waals surface area contributed by atoms with Crippen molar-refractivity contribution in [1.82, 2.24) is 4.90 Å². The molecule has 1 amide bonds. The number of rotatable bonds is 8. The van der Waals surface area contributed by atoms with E-state index in [1.165, 1.54) is 0 Å². The van der Waals surface area contributed by atoms with Crippen molar-refractivity contribution in [2.45, 2.75) is 12.5 Å². The van der Waals surface area contributed by atoms with Gasteiger partial charge in [0.25, 0.3) is 0 Å². The van der Waals surface area contributed by atoms with Crippen molar-refractivity contribution in [2.24, 2.45) is 0 Å². The Morgan fingerprint density at radius 1 is 1.03 bits per heavy atom. The summed E-state index contributed by atoms with van der Waals surface area (Å²) in [4.78, 5) is 15.5. The van der Waals surface area contributed by atoms with Crippen molar-refractivity contribution < 1.29 is 9.53 Å². The molecular weight excluding hydrogens is 438 g/mol. The van der Waals surface area contributed by atoms with Crippen LogP contribution in [0.15, 0.2) is 90.3 Å². The number of hydrogen-bond acceptors (Lipinski definition) is 3. The van der Waals surface area contributed by atoms with E-state index in [0.29, 0.717) is 18.0 Å². The van der Waals surface area contributed by atoms with Gasteiger partial charge in [-0.15, -0.1) is 11.3 Å². The van der Waals surface area contributed by atoms with E-state index >= 15 is 0 Å². The van der Waals surface area contributed by atoms with E-state index in [-0.39, 0.29) is 12.0 Å². The van der Waals surface area contributed by atoms with Crippen LogP contribution in [-0.4, -0.2) is 24.4 Å². The molecule has 3 nitrogen and oxygen atoms in total. The molecule has 1 heterocycles. The summed E-state index contributed by atoms with van der Waals surface area (Å²) in [6.07, 6.45) is 3.96. The average Bonchev–Trinajstić information content (AvgIpc) is 3.36. The summed E-state index contributed by atoms with van der Waals surface area (Å²) < 4.78 is 6.48. The third-order valence-corrected chi connectivity index (χ3v) is 6.49. The average molecular weight is 462 g/mol. The van der Waals surface area contributed by atoms with Crippen LogP contribution in [0.1, 0.15) is 23.0 Å². The summed E-state index contributed by atoms with van der Waals surface area (Å²) >= 11 is 7.59. The summed E-state index contributed by atoms with van der Waals surface area (Å²) in [6, 6.07) is 25.8. The van der Waals surface area contributed by atoms with Crippen molar-refractivity contribution in [1.29, 1.82) is 0 Å². The lowest BCUT2D eigenvalue weighted by molar-refractivity contribution is -0.124. The summed E-state index contributed by atoms with van der Waals surface area (Å²) in [5.41, 5.74) is 0.937. The number of hydrogen-bond donors (Lipinski definition) is 0. The second kappa shape index (κ2) is 10.5. The van der Waals surface area contributed by atoms with Gasteiger partial charge in [0.15, 0.2) is 0 Å². The van der Waals surface area contributed by atoms with E-state index in [9.17, 15) is 4.79 Å². The van der Waals surface area contributed by atoms with E-state index in [1.807, 2.05) is 61.6 Å². The highest BCUT2D eigenvalue weighted by molar-refractivity contribution is 7.10. The fourth-order valence-corrected chi connectivity index (χ4v) is 4.39. The van der Waals surface area contributed by atoms with Crippen LogP contribution in [-0.2, 0) is 4.79 Å². The highest BCUT2D eigenvalue weighted by Crippen LogP contribution is 2.32. The zero-order chi connectivity index (χ0) is 22.3. The monoisotopic (exact) mass is 461 g/mol. The van der Waals surface area contributed by atoms with E-state index < -0.39 is 0 Å². The SMILES string of the molecule is CN(CCC(Oc1cccc2ccccc12)c1cccs1)C(=O)C=Cc1ccc(Cl)cc1. The summed E-state index contributed by atoms with van der Waals surface area (Å²) in [5.74, 6) is 0.813. The van der Waals surface area contributed by atoms with Gasteiger partial charge in [-0.1, -0.05) is 66.2 Å². The fraction of sp³-hybridized carbons (Fsp3) is 0.148. The van der Waals surface area contributed by atoms with Gasteiger partial charge < -0.3 is 9.64 Å². The van der Waals surface area contributed by atoms with Crippen LogP contribution >= 0.6 is 22.9 Å². The number of halogens is 1. The van der Waals surface area contributed by atoms with Crippen LogP contribution in [0.4, 0.5) is 0 Å². The molecule has 0 spiro atoms. The van der Waals surface area contributed by atoms with Crippen LogP contribution in [0, 0.1) is 0 Å². The van der Waals surface area contributed by atoms with Crippen molar-refractivity contribution in [3.05, 3.63) is 106 Å². The molecule has 32 heavy (non-hydrogen) atoms. The van der Waals surface area contributed by atoms with Crippen molar-refractivity contribution >= 4 is 45.7 Å². The number of thiophene rings is 1. The van der Waals surface area contributed by atoms with Crippen molar-refractivity contribution in [2.75, 3.05) is 13.6 Å². The topological polar surface area (TPSA) is 29.5 Å². The Morgan fingerprint density at radius 2 is 1.81 bits per heavy atom. The van der Waals surface area contributed by atoms with Crippen LogP contribution in [0.2, 0.25) is 5.02 Å². The number of benzene rings is 3. The molecule has 4 rings (SSSR count). The van der Waals surface area contributed by atoms with Gasteiger partial charge in [-0.05, 0) is 46.7 Å². The molecule has 0 bridgehead atoms. The zero-order valence-corrected chi connectivity index (χ0v) is 19.4. The lowest BCUT2D eigenvalue weighted by atomic mass is 10.1.